The van der Waals surface area contributed by atoms with E-state index in [1.165, 1.54) is 15.9 Å². The lowest BCUT2D eigenvalue weighted by Gasteiger charge is -2.27. The number of halogens is 1. The molecule has 2 nitrogen and oxygen atoms in total. The quantitative estimate of drug-likeness (QED) is 0.135. The molecule has 0 N–H and O–H groups in total. The molecule has 0 bridgehead atoms. The van der Waals surface area contributed by atoms with Crippen molar-refractivity contribution in [1.82, 2.24) is 0 Å². The third kappa shape index (κ3) is 6.10. The molecule has 0 atom stereocenters. The van der Waals surface area contributed by atoms with E-state index in [4.69, 9.17) is 4.74 Å². The van der Waals surface area contributed by atoms with Crippen molar-refractivity contribution in [3.05, 3.63) is 127 Å². The van der Waals surface area contributed by atoms with E-state index >= 15 is 0 Å². The number of carbonyl (C=O) groups excluding carboxylic acids is 1. The van der Waals surface area contributed by atoms with Gasteiger partial charge in [-0.25, -0.2) is 4.79 Å². The topological polar surface area (TPSA) is 26.3 Å². The van der Waals surface area contributed by atoms with Crippen molar-refractivity contribution in [3.63, 3.8) is 0 Å². The van der Waals surface area contributed by atoms with Gasteiger partial charge in [0.2, 0.25) is 0 Å². The average molecular weight is 566 g/mol. The first-order valence-corrected chi connectivity index (χ1v) is 13.1. The summed E-state index contributed by atoms with van der Waals surface area (Å²) in [6.07, 6.45) is 2.86. The van der Waals surface area contributed by atoms with Gasteiger partial charge in [-0.05, 0) is 61.4 Å². The lowest BCUT2D eigenvalue weighted by molar-refractivity contribution is -0.0000245. The van der Waals surface area contributed by atoms with Gasteiger partial charge >= 0.3 is 5.97 Å². The number of rotatable bonds is 9. The summed E-state index contributed by atoms with van der Waals surface area (Å²) in [7, 11) is -1.82. The van der Waals surface area contributed by atoms with Gasteiger partial charge < -0.3 is 28.7 Å². The molecule has 0 saturated heterocycles. The summed E-state index contributed by atoms with van der Waals surface area (Å²) in [6, 6.07) is 41.9. The van der Waals surface area contributed by atoms with Crippen LogP contribution < -0.4 is 39.9 Å². The van der Waals surface area contributed by atoms with Gasteiger partial charge in [-0.15, -0.1) is 0 Å². The van der Waals surface area contributed by atoms with Crippen LogP contribution in [-0.4, -0.2) is 18.7 Å². The van der Waals surface area contributed by atoms with Crippen LogP contribution in [-0.2, 0) is 4.74 Å². The van der Waals surface area contributed by atoms with E-state index < -0.39 is 7.26 Å². The van der Waals surface area contributed by atoms with Gasteiger partial charge in [-0.2, -0.15) is 0 Å². The zero-order chi connectivity index (χ0) is 22.1. The van der Waals surface area contributed by atoms with Crippen molar-refractivity contribution < 1.29 is 33.5 Å². The molecule has 0 unspecified atom stereocenters. The molecular formula is C29H28IO2P. The van der Waals surface area contributed by atoms with Crippen LogP contribution in [0.2, 0.25) is 0 Å². The Kier molecular flexibility index (Phi) is 9.65. The van der Waals surface area contributed by atoms with E-state index in [9.17, 15) is 4.79 Å². The highest BCUT2D eigenvalue weighted by Crippen LogP contribution is 2.55. The molecule has 0 saturated carbocycles. The molecule has 0 aromatic heterocycles. The van der Waals surface area contributed by atoms with Crippen LogP contribution in [0, 0.1) is 0 Å². The minimum atomic E-state index is -1.82. The monoisotopic (exact) mass is 566 g/mol. The second kappa shape index (κ2) is 12.7. The van der Waals surface area contributed by atoms with Crippen LogP contribution in [0.4, 0.5) is 0 Å². The standard InChI is InChI=1S/C29H28O2P.HI/c30-29(25-15-5-1-6-16-25)31-23-13-14-24-32(26-17-7-2-8-18-26,27-19-9-3-10-20-27)28-21-11-4-12-22-28;/h1-12,15-22H,13-14,23-24H2;1H/q+1;/p-1. The molecule has 4 rings (SSSR count). The fourth-order valence-electron chi connectivity index (χ4n) is 4.16. The van der Waals surface area contributed by atoms with Gasteiger partial charge in [0.1, 0.15) is 23.2 Å². The highest BCUT2D eigenvalue weighted by molar-refractivity contribution is 7.95. The highest BCUT2D eigenvalue weighted by Gasteiger charge is 2.44. The molecule has 33 heavy (non-hydrogen) atoms. The number of carbonyl (C=O) groups is 1. The van der Waals surface area contributed by atoms with Gasteiger partial charge in [-0.3, -0.25) is 0 Å². The maximum atomic E-state index is 12.3. The van der Waals surface area contributed by atoms with Crippen LogP contribution >= 0.6 is 7.26 Å². The molecule has 168 valence electrons. The summed E-state index contributed by atoms with van der Waals surface area (Å²) in [6.45, 7) is 0.437. The van der Waals surface area contributed by atoms with Gasteiger partial charge in [-0.1, -0.05) is 72.8 Å². The minimum absolute atomic E-state index is 0. The van der Waals surface area contributed by atoms with Crippen LogP contribution in [0.5, 0.6) is 0 Å². The van der Waals surface area contributed by atoms with Gasteiger partial charge in [0.15, 0.2) is 0 Å². The molecule has 0 aliphatic carbocycles. The first-order valence-electron chi connectivity index (χ1n) is 11.1. The third-order valence-electron chi connectivity index (χ3n) is 5.72. The highest BCUT2D eigenvalue weighted by atomic mass is 127. The summed E-state index contributed by atoms with van der Waals surface area (Å²) >= 11 is 0. The SMILES string of the molecule is O=C(OCCCC[P+](c1ccccc1)(c1ccccc1)c1ccccc1)c1ccccc1.[I-]. The molecule has 0 spiro atoms. The van der Waals surface area contributed by atoms with Crippen LogP contribution in [0.1, 0.15) is 23.2 Å². The second-order valence-electron chi connectivity index (χ2n) is 7.75. The van der Waals surface area contributed by atoms with Gasteiger partial charge in [0.05, 0.1) is 18.3 Å². The number of hydrogen-bond donors (Lipinski definition) is 0. The molecule has 0 amide bonds. The first-order chi connectivity index (χ1) is 15.8. The summed E-state index contributed by atoms with van der Waals surface area (Å²) in [5.74, 6) is -0.249. The number of hydrogen-bond acceptors (Lipinski definition) is 2. The van der Waals surface area contributed by atoms with E-state index in [2.05, 4.69) is 91.0 Å². The Morgan fingerprint density at radius 3 is 1.39 bits per heavy atom. The fourth-order valence-corrected chi connectivity index (χ4v) is 8.57. The maximum Gasteiger partial charge on any atom is 0.338 e. The lowest BCUT2D eigenvalue weighted by atomic mass is 10.2. The summed E-state index contributed by atoms with van der Waals surface area (Å²) in [5.41, 5.74) is 0.604. The normalized spacial score (nSPS) is 10.8. The van der Waals surface area contributed by atoms with E-state index in [0.717, 1.165) is 19.0 Å². The Balaban J connectivity index is 0.00000306. The lowest BCUT2D eigenvalue weighted by Crippen LogP contribution is -3.00. The molecule has 4 aromatic rings. The first kappa shape index (κ1) is 25.1. The van der Waals surface area contributed by atoms with Crippen LogP contribution in [0.3, 0.4) is 0 Å². The molecular weight excluding hydrogens is 538 g/mol. The predicted molar refractivity (Wildman–Crippen MR) is 136 cm³/mol. The van der Waals surface area contributed by atoms with Crippen molar-refractivity contribution >= 4 is 29.1 Å². The number of unbranched alkanes of at least 4 members (excludes halogenated alkanes) is 1. The fraction of sp³-hybridized carbons (Fsp3) is 0.138. The zero-order valence-corrected chi connectivity index (χ0v) is 21.6. The number of esters is 1. The van der Waals surface area contributed by atoms with Gasteiger partial charge in [0, 0.05) is 0 Å². The number of benzene rings is 4. The Bertz CT molecular complexity index is 1010. The molecule has 4 aromatic carbocycles. The zero-order valence-electron chi connectivity index (χ0n) is 18.5. The summed E-state index contributed by atoms with van der Waals surface area (Å²) < 4.78 is 5.53. The van der Waals surface area contributed by atoms with Crippen LogP contribution in [0.25, 0.3) is 0 Å². The Morgan fingerprint density at radius 2 is 0.970 bits per heavy atom. The van der Waals surface area contributed by atoms with Crippen molar-refractivity contribution in [1.29, 1.82) is 0 Å². The molecule has 0 aliphatic heterocycles. The molecule has 0 fully saturated rings. The number of ether oxygens (including phenoxy) is 1. The predicted octanol–water partition coefficient (Wildman–Crippen LogP) is 2.62. The van der Waals surface area contributed by atoms with E-state index in [-0.39, 0.29) is 29.9 Å². The van der Waals surface area contributed by atoms with E-state index in [1.807, 2.05) is 18.2 Å². The average Bonchev–Trinajstić information content (AvgIpc) is 2.88. The maximum absolute atomic E-state index is 12.3. The molecule has 0 aliphatic rings. The molecule has 0 heterocycles. The third-order valence-corrected chi connectivity index (χ3v) is 10.2. The van der Waals surface area contributed by atoms with Crippen molar-refractivity contribution in [2.45, 2.75) is 12.8 Å². The van der Waals surface area contributed by atoms with Crippen molar-refractivity contribution in [2.75, 3.05) is 12.8 Å². The smallest absolute Gasteiger partial charge is 0.338 e. The van der Waals surface area contributed by atoms with E-state index in [0.29, 0.717) is 12.2 Å². The summed E-state index contributed by atoms with van der Waals surface area (Å²) in [4.78, 5) is 12.3. The van der Waals surface area contributed by atoms with Crippen molar-refractivity contribution in [2.24, 2.45) is 0 Å². The van der Waals surface area contributed by atoms with Crippen LogP contribution in [0.15, 0.2) is 121 Å². The van der Waals surface area contributed by atoms with Crippen molar-refractivity contribution in [3.8, 4) is 0 Å². The van der Waals surface area contributed by atoms with Gasteiger partial charge in [0.25, 0.3) is 0 Å². The second-order valence-corrected chi connectivity index (χ2v) is 11.4. The Hall–Kier alpha value is -2.49. The Labute approximate surface area is 214 Å². The molecule has 4 heteroatoms. The van der Waals surface area contributed by atoms with E-state index in [1.54, 1.807) is 12.1 Å². The largest absolute Gasteiger partial charge is 1.00 e. The summed E-state index contributed by atoms with van der Waals surface area (Å²) in [5, 5.41) is 4.16. The minimum Gasteiger partial charge on any atom is -1.00 e. The Morgan fingerprint density at radius 1 is 0.576 bits per heavy atom. The molecule has 0 radical (unpaired) electrons.